The summed E-state index contributed by atoms with van der Waals surface area (Å²) in [6.45, 7) is 14.5. The predicted molar refractivity (Wildman–Crippen MR) is 76.5 cm³/mol. The number of hydrogen-bond donors (Lipinski definition) is 1. The molecule has 1 atom stereocenters. The normalized spacial score (nSPS) is 14.1. The molecular weight excluding hydrogens is 206 g/mol. The van der Waals surface area contributed by atoms with E-state index in [-0.39, 0.29) is 5.54 Å². The Labute approximate surface area is 107 Å². The van der Waals surface area contributed by atoms with E-state index in [2.05, 4.69) is 71.1 Å². The van der Waals surface area contributed by atoms with Crippen molar-refractivity contribution < 1.29 is 0 Å². The lowest BCUT2D eigenvalue weighted by molar-refractivity contribution is 0.372. The first-order valence-electron chi connectivity index (χ1n) is 6.61. The van der Waals surface area contributed by atoms with Gasteiger partial charge in [0.2, 0.25) is 0 Å². The smallest absolute Gasteiger partial charge is 0.00967 e. The summed E-state index contributed by atoms with van der Waals surface area (Å²) in [5.74, 6) is 1.25. The van der Waals surface area contributed by atoms with Crippen LogP contribution in [0.3, 0.4) is 0 Å². The van der Waals surface area contributed by atoms with E-state index in [0.29, 0.717) is 11.8 Å². The SMILES string of the molecule is Cc1ccc(C(CNC(C)(C)C)C(C)C)cc1. The maximum absolute atomic E-state index is 3.62. The van der Waals surface area contributed by atoms with Gasteiger partial charge in [0.15, 0.2) is 0 Å². The van der Waals surface area contributed by atoms with Crippen LogP contribution in [0.25, 0.3) is 0 Å². The van der Waals surface area contributed by atoms with E-state index in [0.717, 1.165) is 6.54 Å². The standard InChI is InChI=1S/C16H27N/c1-12(2)15(11-17-16(4,5)6)14-9-7-13(3)8-10-14/h7-10,12,15,17H,11H2,1-6H3. The van der Waals surface area contributed by atoms with E-state index < -0.39 is 0 Å². The summed E-state index contributed by atoms with van der Waals surface area (Å²) >= 11 is 0. The molecule has 1 rings (SSSR count). The number of nitrogens with one attached hydrogen (secondary N) is 1. The highest BCUT2D eigenvalue weighted by molar-refractivity contribution is 5.25. The van der Waals surface area contributed by atoms with E-state index in [4.69, 9.17) is 0 Å². The van der Waals surface area contributed by atoms with Gasteiger partial charge >= 0.3 is 0 Å². The number of hydrogen-bond acceptors (Lipinski definition) is 1. The van der Waals surface area contributed by atoms with Crippen LogP contribution in [0, 0.1) is 12.8 Å². The van der Waals surface area contributed by atoms with Crippen LogP contribution in [0.15, 0.2) is 24.3 Å². The Morgan fingerprint density at radius 1 is 1.06 bits per heavy atom. The van der Waals surface area contributed by atoms with Gasteiger partial charge in [-0.3, -0.25) is 0 Å². The summed E-state index contributed by atoms with van der Waals surface area (Å²) in [7, 11) is 0. The zero-order chi connectivity index (χ0) is 13.1. The minimum Gasteiger partial charge on any atom is -0.311 e. The molecule has 1 heteroatoms. The first kappa shape index (κ1) is 14.2. The van der Waals surface area contributed by atoms with Crippen LogP contribution in [0.1, 0.15) is 51.7 Å². The Bertz CT molecular complexity index is 330. The molecule has 0 aliphatic carbocycles. The fourth-order valence-electron chi connectivity index (χ4n) is 1.97. The molecule has 1 aromatic rings. The molecule has 0 heterocycles. The van der Waals surface area contributed by atoms with Gasteiger partial charge in [0.25, 0.3) is 0 Å². The fraction of sp³-hybridized carbons (Fsp3) is 0.625. The molecule has 0 aliphatic heterocycles. The molecule has 0 amide bonds. The third-order valence-corrected chi connectivity index (χ3v) is 3.16. The van der Waals surface area contributed by atoms with Crippen molar-refractivity contribution in [3.8, 4) is 0 Å². The van der Waals surface area contributed by atoms with Crippen molar-refractivity contribution in [3.05, 3.63) is 35.4 Å². The first-order valence-corrected chi connectivity index (χ1v) is 6.61. The van der Waals surface area contributed by atoms with Gasteiger partial charge < -0.3 is 5.32 Å². The highest BCUT2D eigenvalue weighted by atomic mass is 14.9. The quantitative estimate of drug-likeness (QED) is 0.825. The lowest BCUT2D eigenvalue weighted by atomic mass is 9.87. The maximum Gasteiger partial charge on any atom is 0.00967 e. The second-order valence-corrected chi connectivity index (χ2v) is 6.39. The molecule has 0 fully saturated rings. The molecule has 1 nitrogen and oxygen atoms in total. The van der Waals surface area contributed by atoms with E-state index in [1.165, 1.54) is 11.1 Å². The molecule has 1 N–H and O–H groups in total. The molecule has 1 unspecified atom stereocenters. The average molecular weight is 233 g/mol. The van der Waals surface area contributed by atoms with Gasteiger partial charge in [-0.2, -0.15) is 0 Å². The minimum absolute atomic E-state index is 0.192. The molecule has 0 spiro atoms. The first-order chi connectivity index (χ1) is 7.79. The second-order valence-electron chi connectivity index (χ2n) is 6.39. The third-order valence-electron chi connectivity index (χ3n) is 3.16. The lowest BCUT2D eigenvalue weighted by Gasteiger charge is -2.28. The molecule has 0 radical (unpaired) electrons. The molecule has 96 valence electrons. The molecule has 0 aliphatic rings. The molecular formula is C16H27N. The van der Waals surface area contributed by atoms with Crippen LogP contribution in [0.4, 0.5) is 0 Å². The fourth-order valence-corrected chi connectivity index (χ4v) is 1.97. The topological polar surface area (TPSA) is 12.0 Å². The number of rotatable bonds is 4. The van der Waals surface area contributed by atoms with Crippen molar-refractivity contribution in [1.82, 2.24) is 5.32 Å². The summed E-state index contributed by atoms with van der Waals surface area (Å²) in [6, 6.07) is 8.96. The molecule has 0 saturated heterocycles. The van der Waals surface area contributed by atoms with Crippen molar-refractivity contribution in [2.45, 2.75) is 53.0 Å². The van der Waals surface area contributed by atoms with Crippen LogP contribution in [-0.4, -0.2) is 12.1 Å². The van der Waals surface area contributed by atoms with Gasteiger partial charge in [0.05, 0.1) is 0 Å². The third kappa shape index (κ3) is 4.91. The van der Waals surface area contributed by atoms with Crippen molar-refractivity contribution in [1.29, 1.82) is 0 Å². The summed E-state index contributed by atoms with van der Waals surface area (Å²) in [4.78, 5) is 0. The van der Waals surface area contributed by atoms with E-state index >= 15 is 0 Å². The number of aryl methyl sites for hydroxylation is 1. The largest absolute Gasteiger partial charge is 0.311 e. The highest BCUT2D eigenvalue weighted by Crippen LogP contribution is 2.24. The van der Waals surface area contributed by atoms with E-state index in [1.807, 2.05) is 0 Å². The van der Waals surface area contributed by atoms with Crippen molar-refractivity contribution in [2.24, 2.45) is 5.92 Å². The Morgan fingerprint density at radius 3 is 2.00 bits per heavy atom. The van der Waals surface area contributed by atoms with Crippen LogP contribution < -0.4 is 5.32 Å². The molecule has 0 saturated carbocycles. The van der Waals surface area contributed by atoms with Crippen molar-refractivity contribution >= 4 is 0 Å². The van der Waals surface area contributed by atoms with Crippen molar-refractivity contribution in [3.63, 3.8) is 0 Å². The van der Waals surface area contributed by atoms with E-state index in [9.17, 15) is 0 Å². The molecule has 17 heavy (non-hydrogen) atoms. The lowest BCUT2D eigenvalue weighted by Crippen LogP contribution is -2.39. The van der Waals surface area contributed by atoms with Gasteiger partial charge in [-0.25, -0.2) is 0 Å². The van der Waals surface area contributed by atoms with Gasteiger partial charge in [-0.15, -0.1) is 0 Å². The van der Waals surface area contributed by atoms with Gasteiger partial charge in [-0.1, -0.05) is 43.7 Å². The summed E-state index contributed by atoms with van der Waals surface area (Å²) < 4.78 is 0. The van der Waals surface area contributed by atoms with Crippen LogP contribution in [-0.2, 0) is 0 Å². The minimum atomic E-state index is 0.192. The van der Waals surface area contributed by atoms with Gasteiger partial charge in [0, 0.05) is 12.1 Å². The predicted octanol–water partition coefficient (Wildman–Crippen LogP) is 4.12. The molecule has 0 aromatic heterocycles. The summed E-state index contributed by atoms with van der Waals surface area (Å²) in [5, 5.41) is 3.62. The van der Waals surface area contributed by atoms with Crippen LogP contribution in [0.5, 0.6) is 0 Å². The Hall–Kier alpha value is -0.820. The summed E-state index contributed by atoms with van der Waals surface area (Å²) in [6.07, 6.45) is 0. The van der Waals surface area contributed by atoms with Gasteiger partial charge in [-0.05, 0) is 45.1 Å². The Balaban J connectivity index is 2.76. The van der Waals surface area contributed by atoms with E-state index in [1.54, 1.807) is 0 Å². The zero-order valence-electron chi connectivity index (χ0n) is 12.2. The number of benzene rings is 1. The molecule has 0 bridgehead atoms. The molecule has 1 aromatic carbocycles. The monoisotopic (exact) mass is 233 g/mol. The summed E-state index contributed by atoms with van der Waals surface area (Å²) in [5.41, 5.74) is 2.97. The maximum atomic E-state index is 3.62. The van der Waals surface area contributed by atoms with Crippen LogP contribution >= 0.6 is 0 Å². The van der Waals surface area contributed by atoms with Gasteiger partial charge in [0.1, 0.15) is 0 Å². The van der Waals surface area contributed by atoms with Crippen LogP contribution in [0.2, 0.25) is 0 Å². The average Bonchev–Trinajstić information content (AvgIpc) is 2.18. The zero-order valence-corrected chi connectivity index (χ0v) is 12.2. The Kier molecular flexibility index (Phi) is 4.76. The highest BCUT2D eigenvalue weighted by Gasteiger charge is 2.18. The van der Waals surface area contributed by atoms with Crippen molar-refractivity contribution in [2.75, 3.05) is 6.54 Å². The second kappa shape index (κ2) is 5.68. The Morgan fingerprint density at radius 2 is 1.59 bits per heavy atom.